The van der Waals surface area contributed by atoms with E-state index < -0.39 is 0 Å². The summed E-state index contributed by atoms with van der Waals surface area (Å²) in [4.78, 5) is 4.28. The summed E-state index contributed by atoms with van der Waals surface area (Å²) >= 11 is 0. The van der Waals surface area contributed by atoms with Gasteiger partial charge in [-0.15, -0.1) is 12.4 Å². The van der Waals surface area contributed by atoms with E-state index in [1.165, 1.54) is 0 Å². The molecule has 0 saturated carbocycles. The third-order valence-electron chi connectivity index (χ3n) is 0.980. The summed E-state index contributed by atoms with van der Waals surface area (Å²) in [6, 6.07) is 0. The number of ether oxygens (including phenoxy) is 2. The van der Waals surface area contributed by atoms with Gasteiger partial charge in [-0.2, -0.15) is 0 Å². The van der Waals surface area contributed by atoms with Crippen molar-refractivity contribution in [1.82, 2.24) is 0 Å². The molecule has 0 aromatic rings. The zero-order chi connectivity index (χ0) is 8.36. The fourth-order valence-corrected chi connectivity index (χ4v) is 0.512. The van der Waals surface area contributed by atoms with Crippen LogP contribution in [0.2, 0.25) is 0 Å². The Morgan fingerprint density at radius 2 is 1.33 bits per heavy atom. The molecule has 0 saturated heterocycles. The minimum absolute atomic E-state index is 0. The Morgan fingerprint density at radius 1 is 0.833 bits per heavy atom. The molecule has 0 aliphatic rings. The standard InChI is InChI=1S/C6H16N2O3.ClH/c7-1-2-9-3-4-10-5-6-11-8;/h1-8H2;1H. The summed E-state index contributed by atoms with van der Waals surface area (Å²) in [5, 5.41) is 0. The molecule has 6 heteroatoms. The molecule has 0 spiro atoms. The molecule has 5 nitrogen and oxygen atoms in total. The number of hydrogen-bond acceptors (Lipinski definition) is 5. The lowest BCUT2D eigenvalue weighted by Gasteiger charge is -2.03. The van der Waals surface area contributed by atoms with Crippen LogP contribution in [0.3, 0.4) is 0 Å². The summed E-state index contributed by atoms with van der Waals surface area (Å²) < 4.78 is 10.1. The van der Waals surface area contributed by atoms with E-state index in [4.69, 9.17) is 21.1 Å². The lowest BCUT2D eigenvalue weighted by molar-refractivity contribution is 0.0157. The fourth-order valence-electron chi connectivity index (χ4n) is 0.512. The van der Waals surface area contributed by atoms with Gasteiger partial charge in [0, 0.05) is 6.54 Å². The van der Waals surface area contributed by atoms with Crippen molar-refractivity contribution < 1.29 is 14.3 Å². The summed E-state index contributed by atoms with van der Waals surface area (Å²) in [6.45, 7) is 3.17. The van der Waals surface area contributed by atoms with E-state index in [-0.39, 0.29) is 12.4 Å². The molecule has 0 heterocycles. The monoisotopic (exact) mass is 200 g/mol. The summed E-state index contributed by atoms with van der Waals surface area (Å²) in [6.07, 6.45) is 0. The predicted molar refractivity (Wildman–Crippen MR) is 48.1 cm³/mol. The Hall–Kier alpha value is 0.0900. The highest BCUT2D eigenvalue weighted by Crippen LogP contribution is 1.77. The van der Waals surface area contributed by atoms with Crippen molar-refractivity contribution in [2.45, 2.75) is 0 Å². The van der Waals surface area contributed by atoms with Gasteiger partial charge in [0.05, 0.1) is 33.0 Å². The van der Waals surface area contributed by atoms with Crippen molar-refractivity contribution in [3.05, 3.63) is 0 Å². The Kier molecular flexibility index (Phi) is 16.6. The molecule has 0 amide bonds. The van der Waals surface area contributed by atoms with Gasteiger partial charge in [0.15, 0.2) is 0 Å². The molecule has 0 bridgehead atoms. The van der Waals surface area contributed by atoms with Crippen LogP contribution >= 0.6 is 12.4 Å². The highest BCUT2D eigenvalue weighted by molar-refractivity contribution is 5.85. The predicted octanol–water partition coefficient (Wildman–Crippen LogP) is -0.710. The molecule has 0 aromatic carbocycles. The van der Waals surface area contributed by atoms with Crippen molar-refractivity contribution in [2.24, 2.45) is 11.6 Å². The second-order valence-corrected chi connectivity index (χ2v) is 1.88. The Balaban J connectivity index is 0. The van der Waals surface area contributed by atoms with Gasteiger partial charge in [0.25, 0.3) is 0 Å². The van der Waals surface area contributed by atoms with Crippen LogP contribution in [0.5, 0.6) is 0 Å². The van der Waals surface area contributed by atoms with E-state index in [1.54, 1.807) is 0 Å². The minimum atomic E-state index is 0. The molecule has 0 atom stereocenters. The van der Waals surface area contributed by atoms with Gasteiger partial charge in [-0.3, -0.25) is 0 Å². The van der Waals surface area contributed by atoms with E-state index in [2.05, 4.69) is 4.84 Å². The first-order valence-corrected chi connectivity index (χ1v) is 3.59. The molecule has 12 heavy (non-hydrogen) atoms. The number of rotatable bonds is 8. The van der Waals surface area contributed by atoms with Crippen LogP contribution in [0.25, 0.3) is 0 Å². The Bertz CT molecular complexity index is 69.8. The molecule has 0 unspecified atom stereocenters. The Labute approximate surface area is 78.7 Å². The van der Waals surface area contributed by atoms with E-state index in [0.717, 1.165) is 0 Å². The quantitative estimate of drug-likeness (QED) is 0.400. The van der Waals surface area contributed by atoms with Crippen molar-refractivity contribution >= 4 is 12.4 Å². The van der Waals surface area contributed by atoms with Gasteiger partial charge in [0.2, 0.25) is 0 Å². The van der Waals surface area contributed by atoms with Crippen LogP contribution in [0.4, 0.5) is 0 Å². The van der Waals surface area contributed by atoms with Crippen LogP contribution in [0.15, 0.2) is 0 Å². The fraction of sp³-hybridized carbons (Fsp3) is 1.00. The van der Waals surface area contributed by atoms with Crippen LogP contribution in [-0.4, -0.2) is 39.6 Å². The van der Waals surface area contributed by atoms with Gasteiger partial charge in [-0.1, -0.05) is 0 Å². The third kappa shape index (κ3) is 12.7. The molecule has 0 fully saturated rings. The molecule has 4 N–H and O–H groups in total. The zero-order valence-electron chi connectivity index (χ0n) is 7.03. The molecule has 0 rings (SSSR count). The highest BCUT2D eigenvalue weighted by atomic mass is 35.5. The first-order valence-electron chi connectivity index (χ1n) is 3.59. The van der Waals surface area contributed by atoms with Crippen molar-refractivity contribution in [2.75, 3.05) is 39.6 Å². The Morgan fingerprint density at radius 3 is 1.83 bits per heavy atom. The normalized spacial score (nSPS) is 9.50. The lowest BCUT2D eigenvalue weighted by atomic mass is 10.7. The average molecular weight is 201 g/mol. The second kappa shape index (κ2) is 13.7. The molecule has 0 aromatic heterocycles. The summed E-state index contributed by atoms with van der Waals surface area (Å²) in [5.74, 6) is 4.76. The smallest absolute Gasteiger partial charge is 0.0913 e. The van der Waals surface area contributed by atoms with Crippen LogP contribution < -0.4 is 11.6 Å². The third-order valence-corrected chi connectivity index (χ3v) is 0.980. The van der Waals surface area contributed by atoms with Crippen molar-refractivity contribution in [1.29, 1.82) is 0 Å². The van der Waals surface area contributed by atoms with E-state index >= 15 is 0 Å². The first-order chi connectivity index (χ1) is 5.41. The molecule has 76 valence electrons. The maximum absolute atomic E-state index is 5.19. The molecule has 0 aliphatic heterocycles. The average Bonchev–Trinajstić information content (AvgIpc) is 2.03. The number of hydrogen-bond donors (Lipinski definition) is 2. The van der Waals surface area contributed by atoms with Crippen molar-refractivity contribution in [3.63, 3.8) is 0 Å². The number of nitrogens with two attached hydrogens (primary N) is 2. The van der Waals surface area contributed by atoms with Gasteiger partial charge in [-0.25, -0.2) is 5.90 Å². The summed E-state index contributed by atoms with van der Waals surface area (Å²) in [7, 11) is 0. The first kappa shape index (κ1) is 14.6. The van der Waals surface area contributed by atoms with E-state index in [9.17, 15) is 0 Å². The minimum Gasteiger partial charge on any atom is -0.378 e. The van der Waals surface area contributed by atoms with Gasteiger partial charge in [0.1, 0.15) is 0 Å². The highest BCUT2D eigenvalue weighted by Gasteiger charge is 1.87. The van der Waals surface area contributed by atoms with Crippen LogP contribution in [-0.2, 0) is 14.3 Å². The summed E-state index contributed by atoms with van der Waals surface area (Å²) in [5.41, 5.74) is 5.19. The topological polar surface area (TPSA) is 79.7 Å². The molecule has 0 radical (unpaired) electrons. The largest absolute Gasteiger partial charge is 0.378 e. The SMILES string of the molecule is Cl.NCCOCCOCCON. The van der Waals surface area contributed by atoms with Gasteiger partial charge >= 0.3 is 0 Å². The number of halogens is 1. The maximum atomic E-state index is 5.19. The molecular weight excluding hydrogens is 184 g/mol. The van der Waals surface area contributed by atoms with Crippen LogP contribution in [0.1, 0.15) is 0 Å². The van der Waals surface area contributed by atoms with E-state index in [0.29, 0.717) is 39.6 Å². The molecule has 0 aliphatic carbocycles. The van der Waals surface area contributed by atoms with Crippen LogP contribution in [0, 0.1) is 0 Å². The van der Waals surface area contributed by atoms with Gasteiger partial charge < -0.3 is 20.0 Å². The van der Waals surface area contributed by atoms with Gasteiger partial charge in [-0.05, 0) is 0 Å². The molecular formula is C6H17ClN2O3. The van der Waals surface area contributed by atoms with E-state index in [1.807, 2.05) is 0 Å². The zero-order valence-corrected chi connectivity index (χ0v) is 7.85. The maximum Gasteiger partial charge on any atom is 0.0913 e. The van der Waals surface area contributed by atoms with Crippen molar-refractivity contribution in [3.8, 4) is 0 Å². The lowest BCUT2D eigenvalue weighted by Crippen LogP contribution is -2.14. The second-order valence-electron chi connectivity index (χ2n) is 1.88.